The minimum Gasteiger partial charge on any atom is -0.478 e. The third-order valence-corrected chi connectivity index (χ3v) is 4.87. The highest BCUT2D eigenvalue weighted by Crippen LogP contribution is 2.32. The number of carbonyl (C=O) groups is 1. The Hall–Kier alpha value is -2.62. The number of hydrogen-bond acceptors (Lipinski definition) is 3. The van der Waals surface area contributed by atoms with Crippen LogP contribution in [0.15, 0.2) is 53.6 Å². The number of nitrogens with zero attached hydrogens (tertiary/aromatic N) is 1. The zero-order valence-corrected chi connectivity index (χ0v) is 14.5. The molecular formula is C21H24N2O2. The van der Waals surface area contributed by atoms with E-state index in [2.05, 4.69) is 34.8 Å². The van der Waals surface area contributed by atoms with Gasteiger partial charge in [-0.2, -0.15) is 5.10 Å². The first-order chi connectivity index (χ1) is 12.1. The van der Waals surface area contributed by atoms with Gasteiger partial charge in [-0.05, 0) is 55.0 Å². The molecule has 0 atom stereocenters. The molecule has 1 aliphatic carbocycles. The van der Waals surface area contributed by atoms with Gasteiger partial charge in [-0.15, -0.1) is 0 Å². The topological polar surface area (TPSA) is 61.7 Å². The lowest BCUT2D eigenvalue weighted by Gasteiger charge is -2.22. The molecule has 0 bridgehead atoms. The fourth-order valence-electron chi connectivity index (χ4n) is 3.37. The maximum Gasteiger partial charge on any atom is 0.335 e. The molecule has 1 saturated carbocycles. The van der Waals surface area contributed by atoms with E-state index in [0.717, 1.165) is 11.3 Å². The first kappa shape index (κ1) is 17.2. The number of hydrazone groups is 1. The van der Waals surface area contributed by atoms with Crippen LogP contribution in [-0.2, 0) is 0 Å². The summed E-state index contributed by atoms with van der Waals surface area (Å²) in [4.78, 5) is 11.0. The molecule has 25 heavy (non-hydrogen) atoms. The van der Waals surface area contributed by atoms with Crippen molar-refractivity contribution in [2.75, 3.05) is 5.43 Å². The fraction of sp³-hybridized carbons (Fsp3) is 0.333. The lowest BCUT2D eigenvalue weighted by molar-refractivity contribution is 0.0697. The molecule has 4 heteroatoms. The highest BCUT2D eigenvalue weighted by atomic mass is 16.4. The van der Waals surface area contributed by atoms with Gasteiger partial charge in [0.05, 0.1) is 17.0 Å². The molecule has 130 valence electrons. The largest absolute Gasteiger partial charge is 0.478 e. The van der Waals surface area contributed by atoms with Gasteiger partial charge >= 0.3 is 5.97 Å². The number of nitrogens with one attached hydrogen (secondary N) is 1. The van der Waals surface area contributed by atoms with Crippen molar-refractivity contribution < 1.29 is 9.90 Å². The smallest absolute Gasteiger partial charge is 0.335 e. The van der Waals surface area contributed by atoms with Crippen LogP contribution in [0, 0.1) is 0 Å². The summed E-state index contributed by atoms with van der Waals surface area (Å²) in [5.74, 6) is -0.236. The van der Waals surface area contributed by atoms with Crippen molar-refractivity contribution in [1.82, 2.24) is 0 Å². The predicted octanol–water partition coefficient (Wildman–Crippen LogP) is 5.27. The van der Waals surface area contributed by atoms with Gasteiger partial charge in [-0.3, -0.25) is 5.43 Å². The molecule has 0 amide bonds. The zero-order chi connectivity index (χ0) is 17.6. The van der Waals surface area contributed by atoms with Gasteiger partial charge in [0.1, 0.15) is 0 Å². The van der Waals surface area contributed by atoms with Gasteiger partial charge in [-0.1, -0.05) is 49.6 Å². The molecule has 1 aliphatic rings. The van der Waals surface area contributed by atoms with E-state index in [4.69, 9.17) is 5.11 Å². The van der Waals surface area contributed by atoms with E-state index in [0.29, 0.717) is 11.6 Å². The average Bonchev–Trinajstić information content (AvgIpc) is 2.67. The summed E-state index contributed by atoms with van der Waals surface area (Å²) < 4.78 is 0. The highest BCUT2D eigenvalue weighted by Gasteiger charge is 2.15. The molecule has 2 aromatic rings. The van der Waals surface area contributed by atoms with E-state index in [-0.39, 0.29) is 5.56 Å². The fourth-order valence-corrected chi connectivity index (χ4v) is 3.37. The highest BCUT2D eigenvalue weighted by molar-refractivity contribution is 5.99. The molecule has 0 aliphatic heterocycles. The molecule has 1 fully saturated rings. The Morgan fingerprint density at radius 1 is 1.04 bits per heavy atom. The van der Waals surface area contributed by atoms with Gasteiger partial charge in [0.15, 0.2) is 0 Å². The van der Waals surface area contributed by atoms with Crippen molar-refractivity contribution in [3.8, 4) is 0 Å². The van der Waals surface area contributed by atoms with Crippen LogP contribution in [0.5, 0.6) is 0 Å². The number of aromatic carboxylic acids is 1. The van der Waals surface area contributed by atoms with Crippen LogP contribution < -0.4 is 5.43 Å². The standard InChI is InChI=1S/C21H24N2O2/c1-15(22-23-20-9-5-8-19(14-20)21(24)25)16-10-12-18(13-11-16)17-6-3-2-4-7-17/h5,8-14,17,23H,2-4,6-7H2,1H3,(H,24,25). The number of rotatable bonds is 5. The van der Waals surface area contributed by atoms with Crippen LogP contribution >= 0.6 is 0 Å². The van der Waals surface area contributed by atoms with Crippen molar-refractivity contribution >= 4 is 17.4 Å². The van der Waals surface area contributed by atoms with E-state index < -0.39 is 5.97 Å². The van der Waals surface area contributed by atoms with Crippen LogP contribution in [0.2, 0.25) is 0 Å². The molecule has 0 radical (unpaired) electrons. The second kappa shape index (κ2) is 7.97. The van der Waals surface area contributed by atoms with Crippen LogP contribution in [-0.4, -0.2) is 16.8 Å². The number of carboxylic acid groups (broad SMARTS) is 1. The Morgan fingerprint density at radius 2 is 1.76 bits per heavy atom. The molecule has 0 spiro atoms. The Bertz CT molecular complexity index is 760. The van der Waals surface area contributed by atoms with E-state index in [1.165, 1.54) is 37.7 Å². The average molecular weight is 336 g/mol. The minimum atomic E-state index is -0.942. The van der Waals surface area contributed by atoms with Gasteiger partial charge in [-0.25, -0.2) is 4.79 Å². The molecular weight excluding hydrogens is 312 g/mol. The van der Waals surface area contributed by atoms with Crippen molar-refractivity contribution in [3.63, 3.8) is 0 Å². The van der Waals surface area contributed by atoms with E-state index in [9.17, 15) is 4.79 Å². The SMILES string of the molecule is CC(=NNc1cccc(C(=O)O)c1)c1ccc(C2CCCCC2)cc1. The molecule has 3 rings (SSSR count). The van der Waals surface area contributed by atoms with E-state index >= 15 is 0 Å². The summed E-state index contributed by atoms with van der Waals surface area (Å²) in [6.07, 6.45) is 6.65. The number of carboxylic acids is 1. The Labute approximate surface area is 148 Å². The lowest BCUT2D eigenvalue weighted by Crippen LogP contribution is -2.05. The number of hydrogen-bond donors (Lipinski definition) is 2. The lowest BCUT2D eigenvalue weighted by atomic mass is 9.84. The third-order valence-electron chi connectivity index (χ3n) is 4.87. The molecule has 0 unspecified atom stereocenters. The van der Waals surface area contributed by atoms with Gasteiger partial charge < -0.3 is 5.11 Å². The molecule has 2 N–H and O–H groups in total. The van der Waals surface area contributed by atoms with Crippen LogP contribution in [0.3, 0.4) is 0 Å². The van der Waals surface area contributed by atoms with Crippen molar-refractivity contribution in [3.05, 3.63) is 65.2 Å². The Morgan fingerprint density at radius 3 is 2.44 bits per heavy atom. The molecule has 0 heterocycles. The summed E-state index contributed by atoms with van der Waals surface area (Å²) in [6.45, 7) is 1.95. The molecule has 0 saturated heterocycles. The second-order valence-corrected chi connectivity index (χ2v) is 6.65. The van der Waals surface area contributed by atoms with Crippen LogP contribution in [0.1, 0.15) is 66.4 Å². The van der Waals surface area contributed by atoms with Crippen molar-refractivity contribution in [1.29, 1.82) is 0 Å². The monoisotopic (exact) mass is 336 g/mol. The second-order valence-electron chi connectivity index (χ2n) is 6.65. The zero-order valence-electron chi connectivity index (χ0n) is 14.5. The normalized spacial score (nSPS) is 15.8. The van der Waals surface area contributed by atoms with Gasteiger partial charge in [0.2, 0.25) is 0 Å². The van der Waals surface area contributed by atoms with Crippen molar-refractivity contribution in [2.45, 2.75) is 44.9 Å². The first-order valence-electron chi connectivity index (χ1n) is 8.87. The van der Waals surface area contributed by atoms with E-state index in [1.54, 1.807) is 24.3 Å². The minimum absolute atomic E-state index is 0.245. The van der Waals surface area contributed by atoms with Gasteiger partial charge in [0, 0.05) is 0 Å². The first-order valence-corrected chi connectivity index (χ1v) is 8.87. The Kier molecular flexibility index (Phi) is 5.49. The summed E-state index contributed by atoms with van der Waals surface area (Å²) >= 11 is 0. The summed E-state index contributed by atoms with van der Waals surface area (Å²) in [5.41, 5.74) is 7.22. The number of anilines is 1. The maximum absolute atomic E-state index is 11.0. The van der Waals surface area contributed by atoms with Gasteiger partial charge in [0.25, 0.3) is 0 Å². The Balaban J connectivity index is 1.67. The van der Waals surface area contributed by atoms with Crippen LogP contribution in [0.4, 0.5) is 5.69 Å². The van der Waals surface area contributed by atoms with E-state index in [1.807, 2.05) is 6.92 Å². The predicted molar refractivity (Wildman–Crippen MR) is 102 cm³/mol. The quantitative estimate of drug-likeness (QED) is 0.577. The summed E-state index contributed by atoms with van der Waals surface area (Å²) in [6, 6.07) is 15.3. The van der Waals surface area contributed by atoms with Crippen molar-refractivity contribution in [2.24, 2.45) is 5.10 Å². The molecule has 4 nitrogen and oxygen atoms in total. The molecule has 0 aromatic heterocycles. The summed E-state index contributed by atoms with van der Waals surface area (Å²) in [5, 5.41) is 13.4. The third kappa shape index (κ3) is 4.47. The number of benzene rings is 2. The molecule has 2 aromatic carbocycles. The maximum atomic E-state index is 11.0. The summed E-state index contributed by atoms with van der Waals surface area (Å²) in [7, 11) is 0. The van der Waals surface area contributed by atoms with Crippen LogP contribution in [0.25, 0.3) is 0 Å².